The van der Waals surface area contributed by atoms with Crippen LogP contribution in [0.2, 0.25) is 0 Å². The molecule has 0 saturated carbocycles. The standard InChI is InChI=1S/C15H19BrN4/c1-10-9-20(6-5-19(10)2)15-12-7-11(16)3-4-14(12)18-8-13(15)17/h3-4,7-8,10H,5-6,9,17H2,1-2H3. The molecular weight excluding hydrogens is 316 g/mol. The van der Waals surface area contributed by atoms with E-state index in [0.29, 0.717) is 6.04 Å². The van der Waals surface area contributed by atoms with Crippen molar-refractivity contribution in [2.24, 2.45) is 0 Å². The van der Waals surface area contributed by atoms with Gasteiger partial charge in [0.1, 0.15) is 0 Å². The van der Waals surface area contributed by atoms with E-state index in [1.54, 1.807) is 6.20 Å². The van der Waals surface area contributed by atoms with Gasteiger partial charge in [-0.15, -0.1) is 0 Å². The molecule has 20 heavy (non-hydrogen) atoms. The van der Waals surface area contributed by atoms with Gasteiger partial charge in [-0.1, -0.05) is 15.9 Å². The van der Waals surface area contributed by atoms with E-state index >= 15 is 0 Å². The minimum atomic E-state index is 0.526. The fraction of sp³-hybridized carbons (Fsp3) is 0.400. The quantitative estimate of drug-likeness (QED) is 0.870. The summed E-state index contributed by atoms with van der Waals surface area (Å²) in [4.78, 5) is 9.19. The molecule has 0 bridgehead atoms. The van der Waals surface area contributed by atoms with Crippen LogP contribution in [0.5, 0.6) is 0 Å². The predicted octanol–water partition coefficient (Wildman–Crippen LogP) is 2.72. The molecule has 0 spiro atoms. The molecule has 1 aliphatic heterocycles. The number of aromatic nitrogens is 1. The van der Waals surface area contributed by atoms with Crippen LogP contribution in [-0.2, 0) is 0 Å². The van der Waals surface area contributed by atoms with Gasteiger partial charge in [0.05, 0.1) is 23.1 Å². The molecule has 1 saturated heterocycles. The summed E-state index contributed by atoms with van der Waals surface area (Å²) in [6.45, 7) is 5.29. The Morgan fingerprint density at radius 1 is 1.35 bits per heavy atom. The van der Waals surface area contributed by atoms with Crippen LogP contribution in [0.1, 0.15) is 6.92 Å². The maximum Gasteiger partial charge on any atom is 0.0745 e. The smallest absolute Gasteiger partial charge is 0.0745 e. The lowest BCUT2D eigenvalue weighted by Gasteiger charge is -2.39. The molecule has 2 N–H and O–H groups in total. The van der Waals surface area contributed by atoms with Crippen molar-refractivity contribution in [1.29, 1.82) is 0 Å². The van der Waals surface area contributed by atoms with Gasteiger partial charge in [0, 0.05) is 35.5 Å². The highest BCUT2D eigenvalue weighted by atomic mass is 79.9. The minimum absolute atomic E-state index is 0.526. The Kier molecular flexibility index (Phi) is 3.56. The van der Waals surface area contributed by atoms with Crippen molar-refractivity contribution < 1.29 is 0 Å². The average Bonchev–Trinajstić information content (AvgIpc) is 2.42. The van der Waals surface area contributed by atoms with Crippen LogP contribution in [0.4, 0.5) is 11.4 Å². The zero-order chi connectivity index (χ0) is 14.3. The summed E-state index contributed by atoms with van der Waals surface area (Å²) in [5.41, 5.74) is 9.08. The molecule has 1 unspecified atom stereocenters. The lowest BCUT2D eigenvalue weighted by molar-refractivity contribution is 0.234. The highest BCUT2D eigenvalue weighted by Crippen LogP contribution is 2.34. The van der Waals surface area contributed by atoms with Gasteiger partial charge < -0.3 is 15.5 Å². The monoisotopic (exact) mass is 334 g/mol. The minimum Gasteiger partial charge on any atom is -0.396 e. The molecule has 2 aromatic rings. The number of pyridine rings is 1. The van der Waals surface area contributed by atoms with Crippen LogP contribution < -0.4 is 10.6 Å². The number of anilines is 2. The van der Waals surface area contributed by atoms with Crippen molar-refractivity contribution >= 4 is 38.2 Å². The summed E-state index contributed by atoms with van der Waals surface area (Å²) in [7, 11) is 2.17. The summed E-state index contributed by atoms with van der Waals surface area (Å²) in [5.74, 6) is 0. The molecule has 4 nitrogen and oxygen atoms in total. The van der Waals surface area contributed by atoms with Gasteiger partial charge in [0.15, 0.2) is 0 Å². The molecular formula is C15H19BrN4. The molecule has 0 radical (unpaired) electrons. The van der Waals surface area contributed by atoms with Gasteiger partial charge in [0.25, 0.3) is 0 Å². The first-order chi connectivity index (χ1) is 9.56. The van der Waals surface area contributed by atoms with Gasteiger partial charge in [-0.25, -0.2) is 0 Å². The average molecular weight is 335 g/mol. The van der Waals surface area contributed by atoms with Gasteiger partial charge in [-0.3, -0.25) is 4.98 Å². The van der Waals surface area contributed by atoms with Gasteiger partial charge in [-0.2, -0.15) is 0 Å². The van der Waals surface area contributed by atoms with Crippen LogP contribution in [0.3, 0.4) is 0 Å². The highest BCUT2D eigenvalue weighted by molar-refractivity contribution is 9.10. The molecule has 106 valence electrons. The third-order valence-corrected chi connectivity index (χ3v) is 4.60. The summed E-state index contributed by atoms with van der Waals surface area (Å²) >= 11 is 3.54. The Morgan fingerprint density at radius 3 is 2.90 bits per heavy atom. The van der Waals surface area contributed by atoms with Crippen LogP contribution in [0.15, 0.2) is 28.9 Å². The third kappa shape index (κ3) is 2.36. The number of likely N-dealkylation sites (N-methyl/N-ethyl adjacent to an activating group) is 1. The largest absolute Gasteiger partial charge is 0.396 e. The van der Waals surface area contributed by atoms with E-state index in [2.05, 4.69) is 50.8 Å². The zero-order valence-corrected chi connectivity index (χ0v) is 13.4. The normalized spacial score (nSPS) is 20.6. The summed E-state index contributed by atoms with van der Waals surface area (Å²) in [6, 6.07) is 6.68. The number of piperazine rings is 1. The second-order valence-corrected chi connectivity index (χ2v) is 6.41. The number of nitrogens with two attached hydrogens (primary N) is 1. The van der Waals surface area contributed by atoms with E-state index in [-0.39, 0.29) is 0 Å². The van der Waals surface area contributed by atoms with Gasteiger partial charge >= 0.3 is 0 Å². The number of nitrogens with zero attached hydrogens (tertiary/aromatic N) is 3. The van der Waals surface area contributed by atoms with E-state index in [1.165, 1.54) is 0 Å². The summed E-state index contributed by atoms with van der Waals surface area (Å²) < 4.78 is 1.06. The molecule has 1 fully saturated rings. The van der Waals surface area contributed by atoms with Gasteiger partial charge in [-0.05, 0) is 32.2 Å². The first-order valence-corrected chi connectivity index (χ1v) is 7.64. The molecule has 1 aliphatic rings. The number of rotatable bonds is 1. The fourth-order valence-electron chi connectivity index (χ4n) is 2.77. The molecule has 2 heterocycles. The second-order valence-electron chi connectivity index (χ2n) is 5.50. The number of benzene rings is 1. The molecule has 5 heteroatoms. The van der Waals surface area contributed by atoms with Gasteiger partial charge in [0.2, 0.25) is 0 Å². The Morgan fingerprint density at radius 2 is 2.15 bits per heavy atom. The second kappa shape index (κ2) is 5.22. The van der Waals surface area contributed by atoms with E-state index in [4.69, 9.17) is 5.73 Å². The first kappa shape index (κ1) is 13.6. The van der Waals surface area contributed by atoms with E-state index in [0.717, 1.165) is 46.4 Å². The fourth-order valence-corrected chi connectivity index (χ4v) is 3.13. The number of hydrogen-bond donors (Lipinski definition) is 1. The number of hydrogen-bond acceptors (Lipinski definition) is 4. The molecule has 0 amide bonds. The maximum atomic E-state index is 6.21. The molecule has 1 aromatic carbocycles. The highest BCUT2D eigenvalue weighted by Gasteiger charge is 2.23. The summed E-state index contributed by atoms with van der Waals surface area (Å²) in [5, 5.41) is 1.12. The van der Waals surface area contributed by atoms with Crippen LogP contribution in [0.25, 0.3) is 10.9 Å². The van der Waals surface area contributed by atoms with E-state index < -0.39 is 0 Å². The Bertz CT molecular complexity index is 638. The Hall–Kier alpha value is -1.33. The third-order valence-electron chi connectivity index (χ3n) is 4.11. The van der Waals surface area contributed by atoms with Crippen molar-refractivity contribution in [3.63, 3.8) is 0 Å². The van der Waals surface area contributed by atoms with E-state index in [9.17, 15) is 0 Å². The van der Waals surface area contributed by atoms with Crippen molar-refractivity contribution in [3.8, 4) is 0 Å². The van der Waals surface area contributed by atoms with Crippen LogP contribution in [-0.4, -0.2) is 42.6 Å². The number of halogens is 1. The molecule has 1 aromatic heterocycles. The lowest BCUT2D eigenvalue weighted by Crippen LogP contribution is -2.50. The number of nitrogen functional groups attached to an aromatic ring is 1. The maximum absolute atomic E-state index is 6.21. The predicted molar refractivity (Wildman–Crippen MR) is 88.2 cm³/mol. The van der Waals surface area contributed by atoms with Crippen molar-refractivity contribution in [1.82, 2.24) is 9.88 Å². The van der Waals surface area contributed by atoms with Crippen molar-refractivity contribution in [2.45, 2.75) is 13.0 Å². The zero-order valence-electron chi connectivity index (χ0n) is 11.8. The molecule has 1 atom stereocenters. The molecule has 3 rings (SSSR count). The Labute approximate surface area is 127 Å². The first-order valence-electron chi connectivity index (χ1n) is 6.85. The summed E-state index contributed by atoms with van der Waals surface area (Å²) in [6.07, 6.45) is 1.77. The lowest BCUT2D eigenvalue weighted by atomic mass is 10.1. The topological polar surface area (TPSA) is 45.4 Å². The Balaban J connectivity index is 2.10. The molecule has 0 aliphatic carbocycles. The van der Waals surface area contributed by atoms with E-state index in [1.807, 2.05) is 12.1 Å². The van der Waals surface area contributed by atoms with Crippen LogP contribution >= 0.6 is 15.9 Å². The van der Waals surface area contributed by atoms with Crippen LogP contribution in [0, 0.1) is 0 Å². The van der Waals surface area contributed by atoms with Crippen molar-refractivity contribution in [3.05, 3.63) is 28.9 Å². The number of fused-ring (bicyclic) bond motifs is 1. The SMILES string of the molecule is CC1CN(c2c(N)cnc3ccc(Br)cc23)CCN1C. The van der Waals surface area contributed by atoms with Crippen molar-refractivity contribution in [2.75, 3.05) is 37.3 Å².